The minimum Gasteiger partial charge on any atom is -0.378 e. The van der Waals surface area contributed by atoms with Crippen LogP contribution < -0.4 is 5.32 Å². The molecule has 0 saturated carbocycles. The van der Waals surface area contributed by atoms with E-state index in [-0.39, 0.29) is 6.04 Å². The highest BCUT2D eigenvalue weighted by Crippen LogP contribution is 2.18. The minimum atomic E-state index is -0.00366. The Balaban J connectivity index is 1.83. The molecule has 1 atom stereocenters. The smallest absolute Gasteiger partial charge is 0.259 e. The summed E-state index contributed by atoms with van der Waals surface area (Å²) in [5.74, 6) is 1.05. The van der Waals surface area contributed by atoms with Crippen molar-refractivity contribution in [3.05, 3.63) is 24.3 Å². The lowest BCUT2D eigenvalue weighted by Gasteiger charge is -2.20. The molecular formula is C10H11N5O2. The summed E-state index contributed by atoms with van der Waals surface area (Å²) in [5.41, 5.74) is 0.760. The van der Waals surface area contributed by atoms with Gasteiger partial charge in [0.1, 0.15) is 0 Å². The van der Waals surface area contributed by atoms with E-state index in [0.29, 0.717) is 18.3 Å². The molecule has 1 aliphatic rings. The Morgan fingerprint density at radius 1 is 1.35 bits per heavy atom. The maximum absolute atomic E-state index is 5.34. The first-order valence-electron chi connectivity index (χ1n) is 5.35. The maximum atomic E-state index is 5.34. The van der Waals surface area contributed by atoms with Crippen LogP contribution in [0, 0.1) is 0 Å². The molecule has 2 aromatic rings. The van der Waals surface area contributed by atoms with Crippen molar-refractivity contribution in [1.29, 1.82) is 0 Å². The molecule has 1 unspecified atom stereocenters. The van der Waals surface area contributed by atoms with Crippen LogP contribution in [0.15, 0.2) is 23.0 Å². The van der Waals surface area contributed by atoms with Crippen LogP contribution in [0.4, 0.5) is 0 Å². The number of rotatable bonds is 2. The third-order valence-electron chi connectivity index (χ3n) is 2.51. The molecule has 2 aromatic heterocycles. The molecule has 0 aliphatic carbocycles. The van der Waals surface area contributed by atoms with E-state index in [4.69, 9.17) is 9.26 Å². The molecule has 1 fully saturated rings. The van der Waals surface area contributed by atoms with Gasteiger partial charge in [-0.15, -0.1) is 0 Å². The van der Waals surface area contributed by atoms with Crippen molar-refractivity contribution in [2.24, 2.45) is 0 Å². The van der Waals surface area contributed by atoms with Crippen LogP contribution in [0.5, 0.6) is 0 Å². The molecule has 7 heteroatoms. The van der Waals surface area contributed by atoms with E-state index in [1.165, 1.54) is 0 Å². The van der Waals surface area contributed by atoms with E-state index in [1.807, 2.05) is 0 Å². The van der Waals surface area contributed by atoms with Gasteiger partial charge in [-0.1, -0.05) is 5.16 Å². The molecule has 0 radical (unpaired) electrons. The summed E-state index contributed by atoms with van der Waals surface area (Å²) >= 11 is 0. The highest BCUT2D eigenvalue weighted by atomic mass is 16.5. The van der Waals surface area contributed by atoms with Gasteiger partial charge in [0, 0.05) is 6.54 Å². The number of hydrogen-bond donors (Lipinski definition) is 1. The Labute approximate surface area is 97.2 Å². The van der Waals surface area contributed by atoms with Crippen molar-refractivity contribution < 1.29 is 9.26 Å². The van der Waals surface area contributed by atoms with E-state index >= 15 is 0 Å². The first-order chi connectivity index (χ1) is 8.43. The second kappa shape index (κ2) is 4.56. The van der Waals surface area contributed by atoms with E-state index in [0.717, 1.165) is 18.7 Å². The molecular weight excluding hydrogens is 222 g/mol. The maximum Gasteiger partial charge on any atom is 0.259 e. The number of aromatic nitrogens is 4. The summed E-state index contributed by atoms with van der Waals surface area (Å²) in [5, 5.41) is 14.7. The zero-order valence-corrected chi connectivity index (χ0v) is 9.04. The fraction of sp³-hybridized carbons (Fsp3) is 0.400. The van der Waals surface area contributed by atoms with Crippen LogP contribution in [0.3, 0.4) is 0 Å². The minimum absolute atomic E-state index is 0.00366. The third kappa shape index (κ3) is 2.15. The van der Waals surface area contributed by atoms with Gasteiger partial charge in [-0.3, -0.25) is 0 Å². The summed E-state index contributed by atoms with van der Waals surface area (Å²) in [6.07, 6.45) is 3.17. The van der Waals surface area contributed by atoms with Crippen molar-refractivity contribution >= 4 is 0 Å². The van der Waals surface area contributed by atoms with Crippen LogP contribution in [0.25, 0.3) is 11.5 Å². The zero-order chi connectivity index (χ0) is 11.5. The molecule has 0 spiro atoms. The van der Waals surface area contributed by atoms with Gasteiger partial charge in [0.15, 0.2) is 5.82 Å². The van der Waals surface area contributed by atoms with Gasteiger partial charge in [0.05, 0.1) is 37.2 Å². The normalized spacial score (nSPS) is 20.4. The Kier molecular flexibility index (Phi) is 2.76. The Hall–Kier alpha value is -1.86. The topological polar surface area (TPSA) is 86.0 Å². The SMILES string of the molecule is c1cc(-c2nc(C3COCCN3)no2)cnn1. The molecule has 88 valence electrons. The standard InChI is InChI=1S/C10H11N5O2/c1-2-12-13-5-7(1)10-14-9(15-17-10)8-6-16-4-3-11-8/h1-2,5,8,11H,3-4,6H2. The molecule has 3 heterocycles. The summed E-state index contributed by atoms with van der Waals surface area (Å²) in [7, 11) is 0. The highest BCUT2D eigenvalue weighted by molar-refractivity contribution is 5.49. The van der Waals surface area contributed by atoms with Gasteiger partial charge < -0.3 is 14.6 Å². The Morgan fingerprint density at radius 2 is 2.35 bits per heavy atom. The lowest BCUT2D eigenvalue weighted by molar-refractivity contribution is 0.0734. The fourth-order valence-electron chi connectivity index (χ4n) is 1.64. The van der Waals surface area contributed by atoms with E-state index in [9.17, 15) is 0 Å². The molecule has 0 amide bonds. The summed E-state index contributed by atoms with van der Waals surface area (Å²) < 4.78 is 10.5. The summed E-state index contributed by atoms with van der Waals surface area (Å²) in [4.78, 5) is 4.32. The summed E-state index contributed by atoms with van der Waals surface area (Å²) in [6.45, 7) is 2.08. The number of nitrogens with zero attached hydrogens (tertiary/aromatic N) is 4. The Morgan fingerprint density at radius 3 is 3.12 bits per heavy atom. The first-order valence-corrected chi connectivity index (χ1v) is 5.35. The van der Waals surface area contributed by atoms with Crippen LogP contribution in [-0.2, 0) is 4.74 Å². The van der Waals surface area contributed by atoms with Gasteiger partial charge in [-0.2, -0.15) is 15.2 Å². The first kappa shape index (κ1) is 10.3. The molecule has 1 N–H and O–H groups in total. The number of nitrogens with one attached hydrogen (secondary N) is 1. The van der Waals surface area contributed by atoms with Crippen molar-refractivity contribution in [3.8, 4) is 11.5 Å². The van der Waals surface area contributed by atoms with Gasteiger partial charge >= 0.3 is 0 Å². The largest absolute Gasteiger partial charge is 0.378 e. The van der Waals surface area contributed by atoms with Gasteiger partial charge in [-0.25, -0.2) is 0 Å². The molecule has 0 aromatic carbocycles. The second-order valence-electron chi connectivity index (χ2n) is 3.67. The quantitative estimate of drug-likeness (QED) is 0.792. The van der Waals surface area contributed by atoms with Crippen molar-refractivity contribution in [3.63, 3.8) is 0 Å². The van der Waals surface area contributed by atoms with Crippen LogP contribution in [0.2, 0.25) is 0 Å². The highest BCUT2D eigenvalue weighted by Gasteiger charge is 2.21. The predicted molar refractivity (Wildman–Crippen MR) is 56.9 cm³/mol. The lowest BCUT2D eigenvalue weighted by Crippen LogP contribution is -2.35. The number of ether oxygens (including phenoxy) is 1. The molecule has 0 bridgehead atoms. The van der Waals surface area contributed by atoms with Crippen LogP contribution in [-0.4, -0.2) is 40.1 Å². The van der Waals surface area contributed by atoms with Gasteiger partial charge in [0.2, 0.25) is 0 Å². The van der Waals surface area contributed by atoms with Crippen molar-refractivity contribution in [2.45, 2.75) is 6.04 Å². The number of morpholine rings is 1. The average molecular weight is 233 g/mol. The van der Waals surface area contributed by atoms with Crippen LogP contribution in [0.1, 0.15) is 11.9 Å². The average Bonchev–Trinajstić information content (AvgIpc) is 2.90. The predicted octanol–water partition coefficient (Wildman–Crippen LogP) is 0.187. The lowest BCUT2D eigenvalue weighted by atomic mass is 10.2. The molecule has 1 saturated heterocycles. The third-order valence-corrected chi connectivity index (χ3v) is 2.51. The fourth-order valence-corrected chi connectivity index (χ4v) is 1.64. The summed E-state index contributed by atoms with van der Waals surface area (Å²) in [6, 6.07) is 1.77. The monoisotopic (exact) mass is 233 g/mol. The molecule has 7 nitrogen and oxygen atoms in total. The second-order valence-corrected chi connectivity index (χ2v) is 3.67. The van der Waals surface area contributed by atoms with Crippen LogP contribution >= 0.6 is 0 Å². The Bertz CT molecular complexity index is 480. The number of hydrogen-bond acceptors (Lipinski definition) is 7. The zero-order valence-electron chi connectivity index (χ0n) is 9.04. The molecule has 3 rings (SSSR count). The molecule has 1 aliphatic heterocycles. The van der Waals surface area contributed by atoms with Gasteiger partial charge in [0.25, 0.3) is 5.89 Å². The van der Waals surface area contributed by atoms with Crippen molar-refractivity contribution in [1.82, 2.24) is 25.7 Å². The van der Waals surface area contributed by atoms with Gasteiger partial charge in [-0.05, 0) is 6.07 Å². The van der Waals surface area contributed by atoms with Crippen molar-refractivity contribution in [2.75, 3.05) is 19.8 Å². The van der Waals surface area contributed by atoms with E-state index < -0.39 is 0 Å². The molecule has 17 heavy (non-hydrogen) atoms. The van der Waals surface area contributed by atoms with E-state index in [1.54, 1.807) is 18.5 Å². The van der Waals surface area contributed by atoms with E-state index in [2.05, 4.69) is 25.7 Å².